The smallest absolute Gasteiger partial charge is 0.324 e. The Balaban J connectivity index is 3.26. The second-order valence-corrected chi connectivity index (χ2v) is 4.73. The highest BCUT2D eigenvalue weighted by atomic mass is 16.6. The van der Waals surface area contributed by atoms with Gasteiger partial charge in [-0.2, -0.15) is 0 Å². The first kappa shape index (κ1) is 16.2. The zero-order valence-corrected chi connectivity index (χ0v) is 12.8. The van der Waals surface area contributed by atoms with E-state index in [4.69, 9.17) is 9.47 Å². The highest BCUT2D eigenvalue weighted by Gasteiger charge is 2.32. The molecule has 1 rings (SSSR count). The molecule has 0 radical (unpaired) electrons. The lowest BCUT2D eigenvalue weighted by atomic mass is 9.91. The summed E-state index contributed by atoms with van der Waals surface area (Å²) in [6, 6.07) is 3.83. The minimum absolute atomic E-state index is 0.235. The second-order valence-electron chi connectivity index (χ2n) is 4.73. The van der Waals surface area contributed by atoms with E-state index in [1.165, 1.54) is 0 Å². The summed E-state index contributed by atoms with van der Waals surface area (Å²) in [6.45, 7) is 9.73. The van der Waals surface area contributed by atoms with Crippen molar-refractivity contribution in [3.05, 3.63) is 34.4 Å². The number of hydrogen-bond donors (Lipinski definition) is 0. The predicted octanol–water partition coefficient (Wildman–Crippen LogP) is 2.82. The van der Waals surface area contributed by atoms with Crippen molar-refractivity contribution in [2.24, 2.45) is 0 Å². The molecular weight excluding hydrogens is 256 g/mol. The molecule has 0 amide bonds. The number of hydrogen-bond acceptors (Lipinski definition) is 4. The fraction of sp³-hybridized carbons (Fsp3) is 0.500. The molecule has 0 saturated carbocycles. The molecule has 0 spiro atoms. The summed E-state index contributed by atoms with van der Waals surface area (Å²) in [7, 11) is 0. The van der Waals surface area contributed by atoms with Crippen molar-refractivity contribution in [2.45, 2.75) is 40.5 Å². The standard InChI is InChI=1S/C16H22O4/c1-6-19-15(17)14(16(18)20-7-2)13-9-11(4)10(3)8-12(13)5/h8-9,14H,6-7H2,1-5H3. The average molecular weight is 278 g/mol. The molecule has 0 N–H and O–H groups in total. The molecular formula is C16H22O4. The van der Waals surface area contributed by atoms with Crippen molar-refractivity contribution >= 4 is 11.9 Å². The summed E-state index contributed by atoms with van der Waals surface area (Å²) in [4.78, 5) is 24.2. The van der Waals surface area contributed by atoms with Crippen molar-refractivity contribution in [1.82, 2.24) is 0 Å². The van der Waals surface area contributed by atoms with Crippen LogP contribution in [-0.4, -0.2) is 25.2 Å². The van der Waals surface area contributed by atoms with Crippen LogP contribution in [0.1, 0.15) is 42.0 Å². The number of benzene rings is 1. The van der Waals surface area contributed by atoms with Crippen LogP contribution in [0.5, 0.6) is 0 Å². The summed E-state index contributed by atoms with van der Waals surface area (Å²) < 4.78 is 10.0. The van der Waals surface area contributed by atoms with Gasteiger partial charge >= 0.3 is 11.9 Å². The van der Waals surface area contributed by atoms with Crippen molar-refractivity contribution in [3.8, 4) is 0 Å². The molecule has 4 heteroatoms. The Morgan fingerprint density at radius 2 is 1.35 bits per heavy atom. The molecule has 1 aromatic rings. The lowest BCUT2D eigenvalue weighted by Gasteiger charge is -2.18. The van der Waals surface area contributed by atoms with Crippen LogP contribution in [0.15, 0.2) is 12.1 Å². The van der Waals surface area contributed by atoms with E-state index < -0.39 is 17.9 Å². The van der Waals surface area contributed by atoms with Gasteiger partial charge in [0.05, 0.1) is 13.2 Å². The Labute approximate surface area is 120 Å². The highest BCUT2D eigenvalue weighted by Crippen LogP contribution is 2.26. The number of aryl methyl sites for hydroxylation is 3. The molecule has 20 heavy (non-hydrogen) atoms. The molecule has 0 unspecified atom stereocenters. The number of rotatable bonds is 5. The molecule has 0 aliphatic carbocycles. The van der Waals surface area contributed by atoms with Gasteiger partial charge in [0.25, 0.3) is 0 Å². The summed E-state index contributed by atoms with van der Waals surface area (Å²) in [5.74, 6) is -2.12. The fourth-order valence-corrected chi connectivity index (χ4v) is 2.10. The van der Waals surface area contributed by atoms with Gasteiger partial charge in [-0.05, 0) is 56.9 Å². The van der Waals surface area contributed by atoms with Gasteiger partial charge in [0, 0.05) is 0 Å². The summed E-state index contributed by atoms with van der Waals surface area (Å²) in [6.07, 6.45) is 0. The molecule has 4 nitrogen and oxygen atoms in total. The number of carbonyl (C=O) groups is 2. The Bertz CT molecular complexity index is 487. The summed E-state index contributed by atoms with van der Waals surface area (Å²) in [5, 5.41) is 0. The quantitative estimate of drug-likeness (QED) is 0.614. The van der Waals surface area contributed by atoms with E-state index in [1.54, 1.807) is 13.8 Å². The van der Waals surface area contributed by atoms with Crippen LogP contribution in [0, 0.1) is 20.8 Å². The third-order valence-corrected chi connectivity index (χ3v) is 3.24. The second kappa shape index (κ2) is 7.08. The Morgan fingerprint density at radius 3 is 1.80 bits per heavy atom. The van der Waals surface area contributed by atoms with Crippen molar-refractivity contribution in [3.63, 3.8) is 0 Å². The number of ether oxygens (including phenoxy) is 2. The van der Waals surface area contributed by atoms with Crippen LogP contribution in [0.25, 0.3) is 0 Å². The van der Waals surface area contributed by atoms with Crippen LogP contribution in [-0.2, 0) is 19.1 Å². The maximum absolute atomic E-state index is 12.1. The lowest BCUT2D eigenvalue weighted by Crippen LogP contribution is -2.27. The van der Waals surface area contributed by atoms with E-state index in [0.717, 1.165) is 16.7 Å². The van der Waals surface area contributed by atoms with Crippen molar-refractivity contribution in [2.75, 3.05) is 13.2 Å². The van der Waals surface area contributed by atoms with Crippen LogP contribution < -0.4 is 0 Å². The monoisotopic (exact) mass is 278 g/mol. The largest absolute Gasteiger partial charge is 0.465 e. The van der Waals surface area contributed by atoms with Gasteiger partial charge in [-0.3, -0.25) is 9.59 Å². The SMILES string of the molecule is CCOC(=O)C(C(=O)OCC)c1cc(C)c(C)cc1C. The van der Waals surface area contributed by atoms with Gasteiger partial charge in [-0.1, -0.05) is 12.1 Å². The molecule has 0 atom stereocenters. The maximum atomic E-state index is 12.1. The molecule has 0 aliphatic heterocycles. The van der Waals surface area contributed by atoms with Gasteiger partial charge in [-0.15, -0.1) is 0 Å². The molecule has 0 fully saturated rings. The van der Waals surface area contributed by atoms with E-state index in [0.29, 0.717) is 5.56 Å². The van der Waals surface area contributed by atoms with Gasteiger partial charge in [-0.25, -0.2) is 0 Å². The minimum Gasteiger partial charge on any atom is -0.465 e. The molecule has 0 heterocycles. The van der Waals surface area contributed by atoms with Crippen LogP contribution >= 0.6 is 0 Å². The summed E-state index contributed by atoms with van der Waals surface area (Å²) in [5.41, 5.74) is 3.70. The van der Waals surface area contributed by atoms with E-state index in [-0.39, 0.29) is 13.2 Å². The minimum atomic E-state index is -1.01. The number of esters is 2. The maximum Gasteiger partial charge on any atom is 0.324 e. The van der Waals surface area contributed by atoms with Crippen molar-refractivity contribution < 1.29 is 19.1 Å². The Kier molecular flexibility index (Phi) is 5.74. The van der Waals surface area contributed by atoms with Gasteiger partial charge < -0.3 is 9.47 Å². The Morgan fingerprint density at radius 1 is 0.900 bits per heavy atom. The topological polar surface area (TPSA) is 52.6 Å². The first-order chi connectivity index (χ1) is 9.42. The first-order valence-electron chi connectivity index (χ1n) is 6.83. The van der Waals surface area contributed by atoms with E-state index >= 15 is 0 Å². The fourth-order valence-electron chi connectivity index (χ4n) is 2.10. The third-order valence-electron chi connectivity index (χ3n) is 3.24. The van der Waals surface area contributed by atoms with E-state index in [9.17, 15) is 9.59 Å². The molecule has 0 saturated heterocycles. The first-order valence-corrected chi connectivity index (χ1v) is 6.83. The highest BCUT2D eigenvalue weighted by molar-refractivity contribution is 6.01. The number of carbonyl (C=O) groups excluding carboxylic acids is 2. The van der Waals surface area contributed by atoms with E-state index in [2.05, 4.69) is 0 Å². The zero-order chi connectivity index (χ0) is 15.3. The summed E-state index contributed by atoms with van der Waals surface area (Å²) >= 11 is 0. The third kappa shape index (κ3) is 3.59. The molecule has 0 aromatic heterocycles. The van der Waals surface area contributed by atoms with E-state index in [1.807, 2.05) is 32.9 Å². The molecule has 1 aromatic carbocycles. The molecule has 0 aliphatic rings. The van der Waals surface area contributed by atoms with Gasteiger partial charge in [0.15, 0.2) is 5.92 Å². The molecule has 110 valence electrons. The van der Waals surface area contributed by atoms with Gasteiger partial charge in [0.2, 0.25) is 0 Å². The predicted molar refractivity (Wildman–Crippen MR) is 76.7 cm³/mol. The average Bonchev–Trinajstić information content (AvgIpc) is 2.36. The lowest BCUT2D eigenvalue weighted by molar-refractivity contribution is -0.156. The van der Waals surface area contributed by atoms with Gasteiger partial charge in [0.1, 0.15) is 0 Å². The normalized spacial score (nSPS) is 10.5. The van der Waals surface area contributed by atoms with Crippen LogP contribution in [0.4, 0.5) is 0 Å². The zero-order valence-electron chi connectivity index (χ0n) is 12.8. The van der Waals surface area contributed by atoms with Crippen LogP contribution in [0.3, 0.4) is 0 Å². The van der Waals surface area contributed by atoms with Crippen molar-refractivity contribution in [1.29, 1.82) is 0 Å². The molecule has 0 bridgehead atoms. The van der Waals surface area contributed by atoms with Crippen LogP contribution in [0.2, 0.25) is 0 Å². The Hall–Kier alpha value is -1.84.